The summed E-state index contributed by atoms with van der Waals surface area (Å²) in [5, 5.41) is 2.60. The van der Waals surface area contributed by atoms with Gasteiger partial charge in [-0.25, -0.2) is 4.79 Å². The number of Topliss-reactive ketones (excluding diaryl/α,β-unsaturated/α-hetero) is 1. The Bertz CT molecular complexity index is 812. The molecule has 2 aromatic carbocycles. The van der Waals surface area contributed by atoms with Crippen molar-refractivity contribution in [2.45, 2.75) is 19.4 Å². The van der Waals surface area contributed by atoms with Crippen molar-refractivity contribution in [3.05, 3.63) is 59.7 Å². The maximum absolute atomic E-state index is 12.4. The van der Waals surface area contributed by atoms with Crippen molar-refractivity contribution in [2.24, 2.45) is 0 Å². The number of esters is 1. The quantitative estimate of drug-likeness (QED) is 0.666. The molecule has 0 saturated carbocycles. The van der Waals surface area contributed by atoms with E-state index >= 15 is 0 Å². The Morgan fingerprint density at radius 3 is 2.07 bits per heavy atom. The smallest absolute Gasteiger partial charge is 0.346 e. The Balaban J connectivity index is 1.99. The van der Waals surface area contributed by atoms with Gasteiger partial charge >= 0.3 is 5.97 Å². The first kappa shape index (κ1) is 21.0. The van der Waals surface area contributed by atoms with E-state index in [0.29, 0.717) is 6.42 Å². The molecule has 148 valence electrons. The molecule has 0 saturated heterocycles. The van der Waals surface area contributed by atoms with Crippen LogP contribution in [0.2, 0.25) is 0 Å². The van der Waals surface area contributed by atoms with Gasteiger partial charge in [-0.3, -0.25) is 9.59 Å². The van der Waals surface area contributed by atoms with Crippen LogP contribution in [0.25, 0.3) is 0 Å². The zero-order valence-corrected chi connectivity index (χ0v) is 16.1. The predicted molar refractivity (Wildman–Crippen MR) is 103 cm³/mol. The molecule has 0 aliphatic carbocycles. The van der Waals surface area contributed by atoms with Crippen molar-refractivity contribution in [1.82, 2.24) is 5.32 Å². The van der Waals surface area contributed by atoms with Crippen LogP contribution in [0, 0.1) is 0 Å². The number of hydrogen-bond acceptors (Lipinski definition) is 6. The lowest BCUT2D eigenvalue weighted by Crippen LogP contribution is -2.43. The van der Waals surface area contributed by atoms with Crippen molar-refractivity contribution >= 4 is 17.7 Å². The molecule has 0 unspecified atom stereocenters. The van der Waals surface area contributed by atoms with Gasteiger partial charge in [0, 0.05) is 0 Å². The standard InChI is InChI=1S/C21H23NO6/c1-14(23)16(12-15-8-5-4-6-9-15)22-19(24)13-28-21(25)20-17(26-2)10-7-11-18(20)27-3/h4-11,16H,12-13H2,1-3H3,(H,22,24)/t16-/m1/s1. The van der Waals surface area contributed by atoms with Crippen LogP contribution in [0.4, 0.5) is 0 Å². The molecule has 1 amide bonds. The Kier molecular flexibility index (Phi) is 7.56. The van der Waals surface area contributed by atoms with Crippen LogP contribution in [0.1, 0.15) is 22.8 Å². The summed E-state index contributed by atoms with van der Waals surface area (Å²) >= 11 is 0. The second-order valence-corrected chi connectivity index (χ2v) is 6.03. The molecule has 0 bridgehead atoms. The number of carbonyl (C=O) groups is 3. The van der Waals surface area contributed by atoms with E-state index in [0.717, 1.165) is 5.56 Å². The largest absolute Gasteiger partial charge is 0.496 e. The SMILES string of the molecule is COc1cccc(OC)c1C(=O)OCC(=O)N[C@H](Cc1ccccc1)C(C)=O. The van der Waals surface area contributed by atoms with Crippen molar-refractivity contribution < 1.29 is 28.6 Å². The fraction of sp³-hybridized carbons (Fsp3) is 0.286. The first-order valence-electron chi connectivity index (χ1n) is 8.68. The lowest BCUT2D eigenvalue weighted by molar-refractivity contribution is -0.128. The first-order chi connectivity index (χ1) is 13.5. The summed E-state index contributed by atoms with van der Waals surface area (Å²) in [6.45, 7) is 0.873. The molecule has 2 rings (SSSR count). The molecule has 0 aliphatic heterocycles. The van der Waals surface area contributed by atoms with Crippen LogP contribution >= 0.6 is 0 Å². The number of carbonyl (C=O) groups excluding carboxylic acids is 3. The zero-order valence-electron chi connectivity index (χ0n) is 16.1. The van der Waals surface area contributed by atoms with Crippen molar-refractivity contribution in [3.63, 3.8) is 0 Å². The van der Waals surface area contributed by atoms with Crippen molar-refractivity contribution in [2.75, 3.05) is 20.8 Å². The van der Waals surface area contributed by atoms with E-state index in [4.69, 9.17) is 14.2 Å². The highest BCUT2D eigenvalue weighted by Crippen LogP contribution is 2.28. The zero-order chi connectivity index (χ0) is 20.5. The summed E-state index contributed by atoms with van der Waals surface area (Å²) in [4.78, 5) is 36.4. The lowest BCUT2D eigenvalue weighted by Gasteiger charge is -2.16. The van der Waals surface area contributed by atoms with E-state index < -0.39 is 24.5 Å². The molecule has 0 heterocycles. The Morgan fingerprint density at radius 1 is 0.929 bits per heavy atom. The summed E-state index contributed by atoms with van der Waals surface area (Å²) in [7, 11) is 2.83. The van der Waals surface area contributed by atoms with Gasteiger partial charge in [-0.1, -0.05) is 36.4 Å². The third kappa shape index (κ3) is 5.57. The fourth-order valence-corrected chi connectivity index (χ4v) is 2.64. The van der Waals surface area contributed by atoms with Crippen LogP contribution in [-0.4, -0.2) is 44.5 Å². The highest BCUT2D eigenvalue weighted by atomic mass is 16.5. The number of ether oxygens (including phenoxy) is 3. The monoisotopic (exact) mass is 385 g/mol. The maximum atomic E-state index is 12.4. The molecule has 7 nitrogen and oxygen atoms in total. The van der Waals surface area contributed by atoms with E-state index in [2.05, 4.69) is 5.32 Å². The third-order valence-corrected chi connectivity index (χ3v) is 4.07. The second-order valence-electron chi connectivity index (χ2n) is 6.03. The number of benzene rings is 2. The van der Waals surface area contributed by atoms with Crippen molar-refractivity contribution in [1.29, 1.82) is 0 Å². The minimum atomic E-state index is -0.758. The lowest BCUT2D eigenvalue weighted by atomic mass is 10.0. The van der Waals surface area contributed by atoms with Crippen LogP contribution in [0.15, 0.2) is 48.5 Å². The van der Waals surface area contributed by atoms with E-state index in [1.165, 1.54) is 21.1 Å². The topological polar surface area (TPSA) is 90.9 Å². The average Bonchev–Trinajstić information content (AvgIpc) is 2.71. The molecule has 2 aromatic rings. The molecule has 7 heteroatoms. The Labute approximate surface area is 163 Å². The van der Waals surface area contributed by atoms with Gasteiger partial charge in [-0.05, 0) is 31.0 Å². The molecule has 1 N–H and O–H groups in total. The van der Waals surface area contributed by atoms with Crippen LogP contribution in [0.3, 0.4) is 0 Å². The summed E-state index contributed by atoms with van der Waals surface area (Å²) < 4.78 is 15.4. The van der Waals surface area contributed by atoms with Gasteiger partial charge in [0.1, 0.15) is 17.1 Å². The molecule has 0 aliphatic rings. The van der Waals surface area contributed by atoms with Gasteiger partial charge in [0.2, 0.25) is 0 Å². The molecule has 0 spiro atoms. The minimum Gasteiger partial charge on any atom is -0.496 e. The van der Waals surface area contributed by atoms with Gasteiger partial charge < -0.3 is 19.5 Å². The molecular formula is C21H23NO6. The number of hydrogen-bond donors (Lipinski definition) is 1. The molecule has 0 fully saturated rings. The average molecular weight is 385 g/mol. The summed E-state index contributed by atoms with van der Waals surface area (Å²) in [6, 6.07) is 13.5. The van der Waals surface area contributed by atoms with E-state index in [9.17, 15) is 14.4 Å². The first-order valence-corrected chi connectivity index (χ1v) is 8.68. The molecule has 1 atom stereocenters. The van der Waals surface area contributed by atoms with Gasteiger partial charge in [-0.2, -0.15) is 0 Å². The highest BCUT2D eigenvalue weighted by Gasteiger charge is 2.22. The number of rotatable bonds is 9. The summed E-state index contributed by atoms with van der Waals surface area (Å²) in [6.07, 6.45) is 0.357. The number of ketones is 1. The highest BCUT2D eigenvalue weighted by molar-refractivity contribution is 5.97. The fourth-order valence-electron chi connectivity index (χ4n) is 2.64. The normalized spacial score (nSPS) is 11.2. The van der Waals surface area contributed by atoms with Gasteiger partial charge in [0.05, 0.1) is 20.3 Å². The number of methoxy groups -OCH3 is 2. The Hall–Kier alpha value is -3.35. The van der Waals surface area contributed by atoms with Gasteiger partial charge in [0.15, 0.2) is 12.4 Å². The van der Waals surface area contributed by atoms with Crippen LogP contribution in [-0.2, 0) is 20.7 Å². The molecule has 0 aromatic heterocycles. The van der Waals surface area contributed by atoms with E-state index in [-0.39, 0.29) is 22.8 Å². The van der Waals surface area contributed by atoms with Gasteiger partial charge in [0.25, 0.3) is 5.91 Å². The predicted octanol–water partition coefficient (Wildman–Crippen LogP) is 2.18. The number of amides is 1. The second kappa shape index (κ2) is 10.1. The summed E-state index contributed by atoms with van der Waals surface area (Å²) in [5.41, 5.74) is 1.01. The number of nitrogens with one attached hydrogen (secondary N) is 1. The van der Waals surface area contributed by atoms with Crippen molar-refractivity contribution in [3.8, 4) is 11.5 Å². The van der Waals surface area contributed by atoms with Crippen LogP contribution < -0.4 is 14.8 Å². The van der Waals surface area contributed by atoms with Crippen LogP contribution in [0.5, 0.6) is 11.5 Å². The summed E-state index contributed by atoms with van der Waals surface area (Å²) in [5.74, 6) is -0.967. The molecule has 28 heavy (non-hydrogen) atoms. The molecule has 0 radical (unpaired) electrons. The Morgan fingerprint density at radius 2 is 1.54 bits per heavy atom. The van der Waals surface area contributed by atoms with E-state index in [1.807, 2.05) is 30.3 Å². The van der Waals surface area contributed by atoms with E-state index in [1.54, 1.807) is 18.2 Å². The third-order valence-electron chi connectivity index (χ3n) is 4.07. The van der Waals surface area contributed by atoms with Gasteiger partial charge in [-0.15, -0.1) is 0 Å². The molecular weight excluding hydrogens is 362 g/mol. The minimum absolute atomic E-state index is 0.0905. The maximum Gasteiger partial charge on any atom is 0.346 e.